The maximum Gasteiger partial charge on any atom is 0.417 e. The Balaban J connectivity index is 2.13. The summed E-state index contributed by atoms with van der Waals surface area (Å²) in [5.41, 5.74) is -1.62. The van der Waals surface area contributed by atoms with E-state index >= 15 is 0 Å². The first-order valence-electron chi connectivity index (χ1n) is 8.64. The summed E-state index contributed by atoms with van der Waals surface area (Å²) in [4.78, 5) is 14.5. The number of hydrogen-bond acceptors (Lipinski definition) is 5. The number of carbonyl (C=O) groups is 1. The Morgan fingerprint density at radius 3 is 2.63 bits per heavy atom. The number of alkyl halides is 3. The molecule has 1 heterocycles. The van der Waals surface area contributed by atoms with Crippen molar-refractivity contribution in [2.45, 2.75) is 57.4 Å². The normalized spacial score (nSPS) is 20.7. The quantitative estimate of drug-likeness (QED) is 0.687. The largest absolute Gasteiger partial charge is 0.546 e. The predicted molar refractivity (Wildman–Crippen MR) is 89.5 cm³/mol. The van der Waals surface area contributed by atoms with Crippen molar-refractivity contribution in [1.82, 2.24) is 4.98 Å². The number of pyridine rings is 1. The third kappa shape index (κ3) is 5.74. The molecule has 1 aromatic heterocycles. The lowest BCUT2D eigenvalue weighted by Gasteiger charge is -2.33. The summed E-state index contributed by atoms with van der Waals surface area (Å²) in [6.07, 6.45) is 2.97. The van der Waals surface area contributed by atoms with E-state index in [1.165, 1.54) is 13.0 Å². The summed E-state index contributed by atoms with van der Waals surface area (Å²) in [6, 6.07) is 2.12. The highest BCUT2D eigenvalue weighted by Crippen LogP contribution is 2.34. The maximum atomic E-state index is 12.7. The van der Waals surface area contributed by atoms with E-state index in [-0.39, 0.29) is 5.88 Å². The van der Waals surface area contributed by atoms with E-state index in [0.717, 1.165) is 25.1 Å². The van der Waals surface area contributed by atoms with Gasteiger partial charge in [0, 0.05) is 18.7 Å². The molecule has 8 heteroatoms. The fraction of sp³-hybridized carbons (Fsp3) is 0.474. The topological polar surface area (TPSA) is 71.5 Å². The summed E-state index contributed by atoms with van der Waals surface area (Å²) in [7, 11) is 0. The molecule has 2 atom stereocenters. The van der Waals surface area contributed by atoms with Gasteiger partial charge >= 0.3 is 6.18 Å². The van der Waals surface area contributed by atoms with Crippen LogP contribution in [-0.4, -0.2) is 22.7 Å². The van der Waals surface area contributed by atoms with Crippen molar-refractivity contribution in [1.29, 1.82) is 0 Å². The lowest BCUT2D eigenvalue weighted by Crippen LogP contribution is -2.37. The average Bonchev–Trinajstić information content (AvgIpc) is 2.61. The number of carbonyl (C=O) groups excluding carboxylic acids is 1. The highest BCUT2D eigenvalue weighted by atomic mass is 19.4. The van der Waals surface area contributed by atoms with Gasteiger partial charge in [-0.2, -0.15) is 13.2 Å². The van der Waals surface area contributed by atoms with Gasteiger partial charge in [-0.3, -0.25) is 0 Å². The van der Waals surface area contributed by atoms with Gasteiger partial charge in [-0.15, -0.1) is 0 Å². The summed E-state index contributed by atoms with van der Waals surface area (Å²) >= 11 is 0. The van der Waals surface area contributed by atoms with Gasteiger partial charge in [0.2, 0.25) is 5.88 Å². The summed E-state index contributed by atoms with van der Waals surface area (Å²) in [5.74, 6) is -0.857. The van der Waals surface area contributed by atoms with E-state index in [2.05, 4.69) is 4.98 Å². The third-order valence-corrected chi connectivity index (χ3v) is 4.17. The number of halogens is 3. The fourth-order valence-corrected chi connectivity index (χ4v) is 2.59. The Morgan fingerprint density at radius 1 is 1.41 bits per heavy atom. The molecule has 0 aliphatic heterocycles. The molecule has 5 nitrogen and oxygen atoms in total. The van der Waals surface area contributed by atoms with Gasteiger partial charge in [0.1, 0.15) is 17.5 Å². The van der Waals surface area contributed by atoms with Crippen LogP contribution in [0.15, 0.2) is 42.3 Å². The molecular formula is C19H21F3NO4-. The lowest BCUT2D eigenvalue weighted by molar-refractivity contribution is -0.314. The Bertz CT molecular complexity index is 713. The van der Waals surface area contributed by atoms with Gasteiger partial charge in [-0.25, -0.2) is 4.98 Å². The monoisotopic (exact) mass is 384 g/mol. The number of aliphatic carboxylic acids is 1. The summed E-state index contributed by atoms with van der Waals surface area (Å²) in [5, 5.41) is 10.8. The van der Waals surface area contributed by atoms with Crippen LogP contribution < -0.4 is 9.84 Å². The Kier molecular flexibility index (Phi) is 6.51. The minimum atomic E-state index is -4.46. The maximum absolute atomic E-state index is 12.7. The molecule has 0 bridgehead atoms. The van der Waals surface area contributed by atoms with Gasteiger partial charge in [-0.1, -0.05) is 13.3 Å². The van der Waals surface area contributed by atoms with Gasteiger partial charge in [0.05, 0.1) is 11.5 Å². The molecule has 0 radical (unpaired) electrons. The molecule has 2 unspecified atom stereocenters. The van der Waals surface area contributed by atoms with Gasteiger partial charge in [-0.05, 0) is 44.1 Å². The van der Waals surface area contributed by atoms with Crippen molar-refractivity contribution >= 4 is 5.97 Å². The second-order valence-electron chi connectivity index (χ2n) is 6.38. The van der Waals surface area contributed by atoms with Crippen molar-refractivity contribution in [3.8, 4) is 5.88 Å². The van der Waals surface area contributed by atoms with E-state index < -0.39 is 29.4 Å². The Labute approximate surface area is 155 Å². The van der Waals surface area contributed by atoms with Crippen molar-refractivity contribution < 1.29 is 32.5 Å². The van der Waals surface area contributed by atoms with Crippen LogP contribution >= 0.6 is 0 Å². The molecule has 1 aromatic rings. The summed E-state index contributed by atoms with van der Waals surface area (Å²) in [6.45, 7) is 3.38. The molecule has 0 N–H and O–H groups in total. The van der Waals surface area contributed by atoms with Crippen molar-refractivity contribution in [2.75, 3.05) is 0 Å². The molecule has 0 fully saturated rings. The van der Waals surface area contributed by atoms with E-state index in [0.29, 0.717) is 18.6 Å². The first kappa shape index (κ1) is 20.8. The highest BCUT2D eigenvalue weighted by Gasteiger charge is 2.33. The molecular weight excluding hydrogens is 363 g/mol. The minimum absolute atomic E-state index is 0.0876. The molecule has 0 saturated carbocycles. The molecule has 1 aliphatic carbocycles. The van der Waals surface area contributed by atoms with Gasteiger partial charge in [0.15, 0.2) is 0 Å². The average molecular weight is 384 g/mol. The third-order valence-electron chi connectivity index (χ3n) is 4.17. The number of unbranched alkanes of at least 4 members (excludes halogenated alkanes) is 1. The van der Waals surface area contributed by atoms with Crippen LogP contribution in [0, 0.1) is 0 Å². The number of carboxylic acid groups (broad SMARTS) is 1. The molecule has 0 saturated heterocycles. The zero-order valence-corrected chi connectivity index (χ0v) is 15.1. The first-order valence-corrected chi connectivity index (χ1v) is 8.64. The van der Waals surface area contributed by atoms with Crippen LogP contribution in [0.1, 0.15) is 45.1 Å². The van der Waals surface area contributed by atoms with Crippen LogP contribution in [0.5, 0.6) is 5.88 Å². The Hall–Kier alpha value is -2.51. The second-order valence-corrected chi connectivity index (χ2v) is 6.38. The van der Waals surface area contributed by atoms with Crippen molar-refractivity contribution in [2.24, 2.45) is 0 Å². The van der Waals surface area contributed by atoms with Crippen LogP contribution in [0.3, 0.4) is 0 Å². The van der Waals surface area contributed by atoms with Crippen molar-refractivity contribution in [3.05, 3.63) is 47.9 Å². The zero-order valence-electron chi connectivity index (χ0n) is 15.1. The Morgan fingerprint density at radius 2 is 2.15 bits per heavy atom. The van der Waals surface area contributed by atoms with Crippen LogP contribution in [-0.2, 0) is 15.7 Å². The number of aromatic nitrogens is 1. The number of rotatable bonds is 8. The molecule has 0 spiro atoms. The van der Waals surface area contributed by atoms with E-state index in [1.807, 2.05) is 6.92 Å². The number of nitrogens with zero attached hydrogens (tertiary/aromatic N) is 1. The number of hydrogen-bond donors (Lipinski definition) is 0. The van der Waals surface area contributed by atoms with E-state index in [4.69, 9.17) is 9.47 Å². The number of allylic oxidation sites excluding steroid dienone is 1. The van der Waals surface area contributed by atoms with Crippen LogP contribution in [0.25, 0.3) is 0 Å². The molecule has 27 heavy (non-hydrogen) atoms. The van der Waals surface area contributed by atoms with Gasteiger partial charge < -0.3 is 19.4 Å². The molecule has 0 aromatic carbocycles. The number of ether oxygens (including phenoxy) is 2. The highest BCUT2D eigenvalue weighted by molar-refractivity contribution is 5.69. The zero-order chi connectivity index (χ0) is 20.1. The SMILES string of the molecule is CCCCC1(Oc2ccc(C(F)(F)F)cn2)C=CC(OC(C)C(=O)[O-])=CC1. The fourth-order valence-electron chi connectivity index (χ4n) is 2.59. The smallest absolute Gasteiger partial charge is 0.417 e. The molecule has 148 valence electrons. The van der Waals surface area contributed by atoms with Crippen LogP contribution in [0.2, 0.25) is 0 Å². The van der Waals surface area contributed by atoms with Gasteiger partial charge in [0.25, 0.3) is 0 Å². The summed E-state index contributed by atoms with van der Waals surface area (Å²) < 4.78 is 49.2. The van der Waals surface area contributed by atoms with E-state index in [9.17, 15) is 23.1 Å². The minimum Gasteiger partial charge on any atom is -0.546 e. The molecule has 1 aliphatic rings. The molecule has 2 rings (SSSR count). The second kappa shape index (κ2) is 8.45. The first-order chi connectivity index (χ1) is 12.6. The standard InChI is InChI=1S/C19H22F3NO4/c1-3-4-9-18(10-7-15(8-11-18)26-13(2)17(24)25)27-16-6-5-14(12-23-16)19(20,21)22/h5-8,10,12-13H,3-4,9,11H2,1-2H3,(H,24,25)/p-1. The lowest BCUT2D eigenvalue weighted by atomic mass is 9.89. The van der Waals surface area contributed by atoms with E-state index in [1.54, 1.807) is 18.2 Å². The molecule has 0 amide bonds. The van der Waals surface area contributed by atoms with Crippen LogP contribution in [0.4, 0.5) is 13.2 Å². The van der Waals surface area contributed by atoms with Crippen molar-refractivity contribution in [3.63, 3.8) is 0 Å². The predicted octanol–water partition coefficient (Wildman–Crippen LogP) is 3.41. The number of carboxylic acids is 1.